The zero-order chi connectivity index (χ0) is 15.6. The van der Waals surface area contributed by atoms with Gasteiger partial charge in [-0.15, -0.1) is 0 Å². The van der Waals surface area contributed by atoms with Crippen LogP contribution in [0.4, 0.5) is 0 Å². The van der Waals surface area contributed by atoms with Crippen LogP contribution in [0.3, 0.4) is 0 Å². The third-order valence-electron chi connectivity index (χ3n) is 4.90. The van der Waals surface area contributed by atoms with Gasteiger partial charge in [0.05, 0.1) is 6.54 Å². The second-order valence-electron chi connectivity index (χ2n) is 7.05. The van der Waals surface area contributed by atoms with Gasteiger partial charge in [-0.2, -0.15) is 0 Å². The van der Waals surface area contributed by atoms with Crippen LogP contribution in [0.2, 0.25) is 0 Å². The van der Waals surface area contributed by atoms with E-state index in [2.05, 4.69) is 51.7 Å². The predicted octanol–water partition coefficient (Wildman–Crippen LogP) is 4.16. The average Bonchev–Trinajstić information content (AvgIpc) is 2.37. The number of likely N-dealkylation sites (tertiary alicyclic amines) is 1. The molecule has 116 valence electrons. The smallest absolute Gasteiger partial charge is 0.177 e. The summed E-state index contributed by atoms with van der Waals surface area (Å²) < 4.78 is 0. The Labute approximate surface area is 129 Å². The standard InChI is InChI=1S/C19H29NO/c1-13(2)17-6-8-20(9-7-17)12-18(21)19-15(4)10-14(3)11-16(19)5/h10-11,13,17H,6-9,12H2,1-5H3. The second-order valence-corrected chi connectivity index (χ2v) is 7.05. The molecule has 2 nitrogen and oxygen atoms in total. The zero-order valence-corrected chi connectivity index (χ0v) is 14.2. The second kappa shape index (κ2) is 6.74. The summed E-state index contributed by atoms with van der Waals surface area (Å²) in [5.74, 6) is 1.89. The van der Waals surface area contributed by atoms with Gasteiger partial charge in [-0.25, -0.2) is 0 Å². The lowest BCUT2D eigenvalue weighted by molar-refractivity contribution is 0.0879. The van der Waals surface area contributed by atoms with Gasteiger partial charge in [0.15, 0.2) is 5.78 Å². The Morgan fingerprint density at radius 1 is 1.14 bits per heavy atom. The molecule has 0 N–H and O–H groups in total. The minimum absolute atomic E-state index is 0.285. The molecule has 0 atom stereocenters. The Balaban J connectivity index is 2.00. The van der Waals surface area contributed by atoms with Crippen LogP contribution in [0.15, 0.2) is 12.1 Å². The number of piperidine rings is 1. The lowest BCUT2D eigenvalue weighted by Gasteiger charge is -2.33. The van der Waals surface area contributed by atoms with Crippen molar-refractivity contribution < 1.29 is 4.79 Å². The van der Waals surface area contributed by atoms with Crippen LogP contribution in [-0.2, 0) is 0 Å². The van der Waals surface area contributed by atoms with Crippen molar-refractivity contribution in [3.8, 4) is 0 Å². The summed E-state index contributed by atoms with van der Waals surface area (Å²) in [7, 11) is 0. The average molecular weight is 287 g/mol. The molecule has 0 amide bonds. The van der Waals surface area contributed by atoms with Crippen LogP contribution in [0, 0.1) is 32.6 Å². The van der Waals surface area contributed by atoms with Gasteiger partial charge in [0.25, 0.3) is 0 Å². The summed E-state index contributed by atoms with van der Waals surface area (Å²) in [6, 6.07) is 4.23. The maximum atomic E-state index is 12.6. The van der Waals surface area contributed by atoms with E-state index in [-0.39, 0.29) is 5.78 Å². The Morgan fingerprint density at radius 3 is 2.14 bits per heavy atom. The molecule has 1 fully saturated rings. The summed E-state index contributed by atoms with van der Waals surface area (Å²) in [5, 5.41) is 0. The van der Waals surface area contributed by atoms with Crippen molar-refractivity contribution in [1.29, 1.82) is 0 Å². The molecule has 1 aliphatic heterocycles. The summed E-state index contributed by atoms with van der Waals surface area (Å²) in [6.45, 7) is 13.5. The molecule has 0 aliphatic carbocycles. The van der Waals surface area contributed by atoms with Crippen molar-refractivity contribution in [2.45, 2.75) is 47.5 Å². The van der Waals surface area contributed by atoms with Gasteiger partial charge in [0, 0.05) is 5.56 Å². The van der Waals surface area contributed by atoms with Gasteiger partial charge in [-0.05, 0) is 69.7 Å². The Bertz CT molecular complexity index is 487. The van der Waals surface area contributed by atoms with E-state index >= 15 is 0 Å². The number of Topliss-reactive ketones (excluding diaryl/α,β-unsaturated/α-hetero) is 1. The minimum atomic E-state index is 0.285. The molecule has 1 saturated heterocycles. The molecule has 1 aromatic carbocycles. The number of nitrogens with zero attached hydrogens (tertiary/aromatic N) is 1. The molecule has 1 heterocycles. The highest BCUT2D eigenvalue weighted by Gasteiger charge is 2.24. The summed E-state index contributed by atoms with van der Waals surface area (Å²) in [5.41, 5.74) is 4.41. The molecule has 0 spiro atoms. The topological polar surface area (TPSA) is 20.3 Å². The van der Waals surface area contributed by atoms with Crippen LogP contribution in [0.25, 0.3) is 0 Å². The van der Waals surface area contributed by atoms with Crippen LogP contribution in [0.1, 0.15) is 53.7 Å². The number of benzene rings is 1. The van der Waals surface area contributed by atoms with E-state index in [0.29, 0.717) is 6.54 Å². The van der Waals surface area contributed by atoms with Crippen LogP contribution >= 0.6 is 0 Å². The fourth-order valence-corrected chi connectivity index (χ4v) is 3.68. The highest BCUT2D eigenvalue weighted by atomic mass is 16.1. The molecular formula is C19H29NO. The van der Waals surface area contributed by atoms with Crippen molar-refractivity contribution in [3.63, 3.8) is 0 Å². The van der Waals surface area contributed by atoms with Crippen LogP contribution < -0.4 is 0 Å². The number of carbonyl (C=O) groups is 1. The first-order chi connectivity index (χ1) is 9.88. The number of hydrogen-bond donors (Lipinski definition) is 0. The van der Waals surface area contributed by atoms with Crippen molar-refractivity contribution in [2.75, 3.05) is 19.6 Å². The van der Waals surface area contributed by atoms with E-state index in [1.165, 1.54) is 18.4 Å². The normalized spacial score (nSPS) is 17.4. The summed E-state index contributed by atoms with van der Waals surface area (Å²) in [6.07, 6.45) is 2.47. The molecular weight excluding hydrogens is 258 g/mol. The lowest BCUT2D eigenvalue weighted by Crippen LogP contribution is -2.38. The number of ketones is 1. The van der Waals surface area contributed by atoms with Gasteiger partial charge in [0.1, 0.15) is 0 Å². The fourth-order valence-electron chi connectivity index (χ4n) is 3.68. The molecule has 0 aromatic heterocycles. The Kier molecular flexibility index (Phi) is 5.21. The Hall–Kier alpha value is -1.15. The third kappa shape index (κ3) is 3.94. The number of carbonyl (C=O) groups excluding carboxylic acids is 1. The van der Waals surface area contributed by atoms with Crippen molar-refractivity contribution in [2.24, 2.45) is 11.8 Å². The zero-order valence-electron chi connectivity index (χ0n) is 14.2. The van der Waals surface area contributed by atoms with E-state index in [1.54, 1.807) is 0 Å². The lowest BCUT2D eigenvalue weighted by atomic mass is 9.86. The minimum Gasteiger partial charge on any atom is -0.296 e. The van der Waals surface area contributed by atoms with Crippen LogP contribution in [-0.4, -0.2) is 30.3 Å². The number of hydrogen-bond acceptors (Lipinski definition) is 2. The van der Waals surface area contributed by atoms with E-state index in [0.717, 1.165) is 41.6 Å². The van der Waals surface area contributed by atoms with Gasteiger partial charge in [0.2, 0.25) is 0 Å². The SMILES string of the molecule is Cc1cc(C)c(C(=O)CN2CCC(C(C)C)CC2)c(C)c1. The third-order valence-corrected chi connectivity index (χ3v) is 4.90. The fraction of sp³-hybridized carbons (Fsp3) is 0.632. The van der Waals surface area contributed by atoms with Gasteiger partial charge < -0.3 is 0 Å². The number of rotatable bonds is 4. The van der Waals surface area contributed by atoms with Gasteiger partial charge in [-0.1, -0.05) is 31.5 Å². The van der Waals surface area contributed by atoms with E-state index in [1.807, 2.05) is 0 Å². The van der Waals surface area contributed by atoms with E-state index in [9.17, 15) is 4.79 Å². The maximum absolute atomic E-state index is 12.6. The van der Waals surface area contributed by atoms with E-state index < -0.39 is 0 Å². The predicted molar refractivity (Wildman–Crippen MR) is 89.0 cm³/mol. The maximum Gasteiger partial charge on any atom is 0.177 e. The molecule has 0 radical (unpaired) electrons. The molecule has 0 saturated carbocycles. The van der Waals surface area contributed by atoms with Crippen molar-refractivity contribution >= 4 is 5.78 Å². The van der Waals surface area contributed by atoms with Crippen LogP contribution in [0.5, 0.6) is 0 Å². The number of aryl methyl sites for hydroxylation is 3. The Morgan fingerprint density at radius 2 is 1.67 bits per heavy atom. The molecule has 0 bridgehead atoms. The summed E-state index contributed by atoms with van der Waals surface area (Å²) in [4.78, 5) is 15.0. The quantitative estimate of drug-likeness (QED) is 0.775. The highest BCUT2D eigenvalue weighted by Crippen LogP contribution is 2.25. The van der Waals surface area contributed by atoms with Crippen molar-refractivity contribution in [3.05, 3.63) is 34.4 Å². The van der Waals surface area contributed by atoms with E-state index in [4.69, 9.17) is 0 Å². The van der Waals surface area contributed by atoms with Gasteiger partial charge >= 0.3 is 0 Å². The van der Waals surface area contributed by atoms with Crippen molar-refractivity contribution in [1.82, 2.24) is 4.90 Å². The first-order valence-corrected chi connectivity index (χ1v) is 8.22. The molecule has 1 aliphatic rings. The largest absolute Gasteiger partial charge is 0.296 e. The first-order valence-electron chi connectivity index (χ1n) is 8.22. The first kappa shape index (κ1) is 16.2. The van der Waals surface area contributed by atoms with Gasteiger partial charge in [-0.3, -0.25) is 9.69 Å². The monoisotopic (exact) mass is 287 g/mol. The molecule has 21 heavy (non-hydrogen) atoms. The molecule has 1 aromatic rings. The summed E-state index contributed by atoms with van der Waals surface area (Å²) >= 11 is 0. The molecule has 2 heteroatoms. The highest BCUT2D eigenvalue weighted by molar-refractivity contribution is 6.00. The molecule has 0 unspecified atom stereocenters. The molecule has 2 rings (SSSR count).